The molecule has 0 saturated carbocycles. The van der Waals surface area contributed by atoms with Crippen LogP contribution in [0.5, 0.6) is 0 Å². The van der Waals surface area contributed by atoms with Gasteiger partial charge in [-0.25, -0.2) is 4.98 Å². The van der Waals surface area contributed by atoms with Crippen LogP contribution in [0.15, 0.2) is 30.6 Å². The Morgan fingerprint density at radius 3 is 2.65 bits per heavy atom. The Labute approximate surface area is 153 Å². The molecule has 3 rings (SSSR count). The molecule has 0 unspecified atom stereocenters. The number of carbonyl (C=O) groups excluding carboxylic acids is 1. The van der Waals surface area contributed by atoms with E-state index in [1.54, 1.807) is 4.68 Å². The van der Waals surface area contributed by atoms with Crippen molar-refractivity contribution in [3.63, 3.8) is 0 Å². The van der Waals surface area contributed by atoms with Crippen molar-refractivity contribution in [3.05, 3.63) is 53.2 Å². The Hall–Kier alpha value is -2.76. The van der Waals surface area contributed by atoms with Gasteiger partial charge >= 0.3 is 0 Å². The van der Waals surface area contributed by atoms with Crippen molar-refractivity contribution in [2.45, 2.75) is 40.2 Å². The molecule has 0 aliphatic rings. The minimum absolute atomic E-state index is 0.111. The first-order chi connectivity index (χ1) is 12.3. The number of nitrogens with zero attached hydrogens (tertiary/aromatic N) is 4. The van der Waals surface area contributed by atoms with E-state index in [0.717, 1.165) is 34.4 Å². The number of aromatic nitrogens is 4. The summed E-state index contributed by atoms with van der Waals surface area (Å²) in [7, 11) is 1.84. The number of hydrogen-bond acceptors (Lipinski definition) is 4. The fourth-order valence-corrected chi connectivity index (χ4v) is 3.22. The summed E-state index contributed by atoms with van der Waals surface area (Å²) in [6.07, 6.45) is 2.31. The van der Waals surface area contributed by atoms with E-state index in [-0.39, 0.29) is 11.9 Å². The van der Waals surface area contributed by atoms with E-state index in [0.29, 0.717) is 11.5 Å². The number of rotatable bonds is 5. The smallest absolute Gasteiger partial charge is 0.252 e. The van der Waals surface area contributed by atoms with Gasteiger partial charge in [0, 0.05) is 18.1 Å². The van der Waals surface area contributed by atoms with E-state index >= 15 is 0 Å². The largest absolute Gasteiger partial charge is 0.342 e. The number of hydrogen-bond donors (Lipinski definition) is 1. The van der Waals surface area contributed by atoms with Crippen LogP contribution >= 0.6 is 0 Å². The van der Waals surface area contributed by atoms with Crippen LogP contribution in [-0.2, 0) is 7.05 Å². The van der Waals surface area contributed by atoms with E-state index in [4.69, 9.17) is 0 Å². The summed E-state index contributed by atoms with van der Waals surface area (Å²) in [6.45, 7) is 8.18. The van der Waals surface area contributed by atoms with Gasteiger partial charge in [0.1, 0.15) is 12.2 Å². The molecule has 2 aromatic heterocycles. The van der Waals surface area contributed by atoms with Crippen LogP contribution < -0.4 is 5.32 Å². The van der Waals surface area contributed by atoms with Gasteiger partial charge in [-0.05, 0) is 44.4 Å². The molecule has 3 aromatic rings. The van der Waals surface area contributed by atoms with Crippen LogP contribution in [0.3, 0.4) is 0 Å². The van der Waals surface area contributed by atoms with E-state index in [1.807, 2.05) is 45.2 Å². The molecule has 0 spiro atoms. The minimum atomic E-state index is -0.191. The quantitative estimate of drug-likeness (QED) is 0.763. The third kappa shape index (κ3) is 3.74. The van der Waals surface area contributed by atoms with Crippen LogP contribution in [0, 0.1) is 19.8 Å². The standard InChI is InChI=1S/C20H25N5O/c1-12(2)8-18(19-21-11-22-25(19)5)24-20(26)16-10-14(4)23-17-7-6-13(3)9-15(16)17/h6-7,9-12,18H,8H2,1-5H3,(H,24,26)/t18-/m0/s1. The molecule has 0 fully saturated rings. The van der Waals surface area contributed by atoms with Crippen LogP contribution in [0.4, 0.5) is 0 Å². The zero-order valence-electron chi connectivity index (χ0n) is 15.9. The van der Waals surface area contributed by atoms with Crippen molar-refractivity contribution in [1.82, 2.24) is 25.1 Å². The molecule has 0 radical (unpaired) electrons. The maximum Gasteiger partial charge on any atom is 0.252 e. The topological polar surface area (TPSA) is 72.7 Å². The van der Waals surface area contributed by atoms with Gasteiger partial charge in [0.2, 0.25) is 0 Å². The molecule has 6 heteroatoms. The van der Waals surface area contributed by atoms with Crippen LogP contribution in [-0.4, -0.2) is 25.7 Å². The number of aryl methyl sites for hydroxylation is 3. The van der Waals surface area contributed by atoms with Gasteiger partial charge in [-0.1, -0.05) is 25.5 Å². The summed E-state index contributed by atoms with van der Waals surface area (Å²) >= 11 is 0. The Balaban J connectivity index is 1.99. The van der Waals surface area contributed by atoms with Crippen molar-refractivity contribution in [2.24, 2.45) is 13.0 Å². The predicted octanol–water partition coefficient (Wildman–Crippen LogP) is 3.50. The minimum Gasteiger partial charge on any atom is -0.342 e. The molecule has 1 atom stereocenters. The second-order valence-corrected chi connectivity index (χ2v) is 7.23. The molecule has 0 saturated heterocycles. The lowest BCUT2D eigenvalue weighted by atomic mass is 10.0. The summed E-state index contributed by atoms with van der Waals surface area (Å²) in [5.41, 5.74) is 3.40. The van der Waals surface area contributed by atoms with Crippen LogP contribution in [0.1, 0.15) is 53.7 Å². The van der Waals surface area contributed by atoms with Gasteiger partial charge in [0.25, 0.3) is 5.91 Å². The normalized spacial score (nSPS) is 12.5. The molecule has 0 bridgehead atoms. The lowest BCUT2D eigenvalue weighted by molar-refractivity contribution is 0.0930. The fraction of sp³-hybridized carbons (Fsp3) is 0.400. The van der Waals surface area contributed by atoms with Crippen LogP contribution in [0.2, 0.25) is 0 Å². The van der Waals surface area contributed by atoms with E-state index < -0.39 is 0 Å². The Bertz CT molecular complexity index is 945. The first kappa shape index (κ1) is 18.0. The van der Waals surface area contributed by atoms with Gasteiger partial charge in [-0.15, -0.1) is 0 Å². The highest BCUT2D eigenvalue weighted by Crippen LogP contribution is 2.23. The van der Waals surface area contributed by atoms with Crippen molar-refractivity contribution in [1.29, 1.82) is 0 Å². The van der Waals surface area contributed by atoms with Gasteiger partial charge in [-0.2, -0.15) is 5.10 Å². The molecule has 0 aliphatic heterocycles. The van der Waals surface area contributed by atoms with Crippen molar-refractivity contribution in [3.8, 4) is 0 Å². The highest BCUT2D eigenvalue weighted by molar-refractivity contribution is 6.06. The first-order valence-corrected chi connectivity index (χ1v) is 8.88. The zero-order valence-corrected chi connectivity index (χ0v) is 15.9. The fourth-order valence-electron chi connectivity index (χ4n) is 3.22. The summed E-state index contributed by atoms with van der Waals surface area (Å²) in [5.74, 6) is 1.06. The first-order valence-electron chi connectivity index (χ1n) is 8.88. The Morgan fingerprint density at radius 2 is 2.00 bits per heavy atom. The maximum atomic E-state index is 13.1. The highest BCUT2D eigenvalue weighted by Gasteiger charge is 2.22. The predicted molar refractivity (Wildman–Crippen MR) is 102 cm³/mol. The number of fused-ring (bicyclic) bond motifs is 1. The highest BCUT2D eigenvalue weighted by atomic mass is 16.1. The lowest BCUT2D eigenvalue weighted by Crippen LogP contribution is -2.31. The number of pyridine rings is 1. The molecule has 136 valence electrons. The summed E-state index contributed by atoms with van der Waals surface area (Å²) in [6, 6.07) is 7.64. The second kappa shape index (κ2) is 7.23. The van der Waals surface area contributed by atoms with Gasteiger partial charge in [-0.3, -0.25) is 14.5 Å². The van der Waals surface area contributed by atoms with Gasteiger partial charge in [0.05, 0.1) is 17.1 Å². The average Bonchev–Trinajstić information content (AvgIpc) is 2.99. The second-order valence-electron chi connectivity index (χ2n) is 7.23. The summed E-state index contributed by atoms with van der Waals surface area (Å²) in [4.78, 5) is 22.0. The summed E-state index contributed by atoms with van der Waals surface area (Å²) < 4.78 is 1.72. The van der Waals surface area contributed by atoms with E-state index in [9.17, 15) is 4.79 Å². The monoisotopic (exact) mass is 351 g/mol. The van der Waals surface area contributed by atoms with E-state index in [1.165, 1.54) is 6.33 Å². The molecule has 2 heterocycles. The maximum absolute atomic E-state index is 13.1. The molecular weight excluding hydrogens is 326 g/mol. The lowest BCUT2D eigenvalue weighted by Gasteiger charge is -2.20. The van der Waals surface area contributed by atoms with Crippen molar-refractivity contribution in [2.75, 3.05) is 0 Å². The number of amides is 1. The van der Waals surface area contributed by atoms with Crippen molar-refractivity contribution < 1.29 is 4.79 Å². The van der Waals surface area contributed by atoms with E-state index in [2.05, 4.69) is 34.2 Å². The zero-order chi connectivity index (χ0) is 18.8. The molecule has 1 N–H and O–H groups in total. The molecule has 1 aromatic carbocycles. The van der Waals surface area contributed by atoms with Crippen LogP contribution in [0.25, 0.3) is 10.9 Å². The molecule has 6 nitrogen and oxygen atoms in total. The molecule has 0 aliphatic carbocycles. The third-order valence-corrected chi connectivity index (χ3v) is 4.41. The summed E-state index contributed by atoms with van der Waals surface area (Å²) in [5, 5.41) is 8.17. The number of benzene rings is 1. The molecule has 1 amide bonds. The molecule has 26 heavy (non-hydrogen) atoms. The number of nitrogens with one attached hydrogen (secondary N) is 1. The number of carbonyl (C=O) groups is 1. The Kier molecular flexibility index (Phi) is 5.02. The van der Waals surface area contributed by atoms with Gasteiger partial charge in [0.15, 0.2) is 0 Å². The molecular formula is C20H25N5O. The third-order valence-electron chi connectivity index (χ3n) is 4.41. The van der Waals surface area contributed by atoms with Gasteiger partial charge < -0.3 is 5.32 Å². The Morgan fingerprint density at radius 1 is 1.23 bits per heavy atom. The van der Waals surface area contributed by atoms with Crippen molar-refractivity contribution >= 4 is 16.8 Å². The SMILES string of the molecule is Cc1ccc2nc(C)cc(C(=O)N[C@@H](CC(C)C)c3ncnn3C)c2c1. The average molecular weight is 351 g/mol.